The molecule has 0 aliphatic rings. The summed E-state index contributed by atoms with van der Waals surface area (Å²) < 4.78 is 0. The summed E-state index contributed by atoms with van der Waals surface area (Å²) in [5.41, 5.74) is 2.21. The van der Waals surface area contributed by atoms with E-state index in [9.17, 15) is 9.59 Å². The minimum atomic E-state index is -0.0933. The number of likely N-dealkylation sites (N-methyl/N-ethyl adjacent to an activating group) is 2. The molecule has 0 aliphatic heterocycles. The maximum atomic E-state index is 11.1. The van der Waals surface area contributed by atoms with Gasteiger partial charge in [-0.1, -0.05) is 6.07 Å². The molecule has 0 radical (unpaired) electrons. The number of rotatable bonds is 8. The molecule has 2 atom stereocenters. The second kappa shape index (κ2) is 12.0. The van der Waals surface area contributed by atoms with Crippen LogP contribution in [-0.2, 0) is 22.4 Å². The Morgan fingerprint density at radius 1 is 0.846 bits per heavy atom. The van der Waals surface area contributed by atoms with E-state index >= 15 is 0 Å². The van der Waals surface area contributed by atoms with Crippen LogP contribution in [0.15, 0.2) is 49.1 Å². The molecule has 26 heavy (non-hydrogen) atoms. The molecule has 2 aromatic heterocycles. The van der Waals surface area contributed by atoms with Crippen molar-refractivity contribution in [2.75, 3.05) is 14.1 Å². The van der Waals surface area contributed by atoms with Crippen LogP contribution in [0.3, 0.4) is 0 Å². The van der Waals surface area contributed by atoms with Gasteiger partial charge in [0.25, 0.3) is 0 Å². The lowest BCUT2D eigenvalue weighted by Gasteiger charge is -2.11. The van der Waals surface area contributed by atoms with Gasteiger partial charge in [-0.25, -0.2) is 0 Å². The number of hydrogen-bond acceptors (Lipinski definition) is 6. The van der Waals surface area contributed by atoms with Crippen LogP contribution in [0.1, 0.15) is 25.0 Å². The van der Waals surface area contributed by atoms with Crippen molar-refractivity contribution in [3.05, 3.63) is 60.2 Å². The normalized spacial score (nSPS) is 12.5. The number of aromatic nitrogens is 2. The lowest BCUT2D eigenvalue weighted by Crippen LogP contribution is -2.34. The van der Waals surface area contributed by atoms with E-state index < -0.39 is 0 Å². The van der Waals surface area contributed by atoms with E-state index in [4.69, 9.17) is 0 Å². The van der Waals surface area contributed by atoms with E-state index in [1.165, 1.54) is 0 Å². The van der Waals surface area contributed by atoms with Crippen molar-refractivity contribution in [2.45, 2.75) is 38.8 Å². The highest BCUT2D eigenvalue weighted by molar-refractivity contribution is 5.82. The molecule has 0 bridgehead atoms. The molecule has 140 valence electrons. The molecule has 0 unspecified atom stereocenters. The second-order valence-electron chi connectivity index (χ2n) is 6.03. The number of carbonyl (C=O) groups is 2. The molecule has 0 aliphatic carbocycles. The van der Waals surface area contributed by atoms with Gasteiger partial charge in [0.2, 0.25) is 0 Å². The summed E-state index contributed by atoms with van der Waals surface area (Å²) in [6.45, 7) is 3.19. The number of pyridine rings is 2. The number of nitrogens with zero attached hydrogens (tertiary/aromatic N) is 2. The van der Waals surface area contributed by atoms with Gasteiger partial charge in [-0.05, 0) is 70.1 Å². The van der Waals surface area contributed by atoms with Gasteiger partial charge in [-0.3, -0.25) is 19.6 Å². The Balaban J connectivity index is 0.000000260. The summed E-state index contributed by atoms with van der Waals surface area (Å²) in [4.78, 5) is 30.1. The predicted molar refractivity (Wildman–Crippen MR) is 103 cm³/mol. The van der Waals surface area contributed by atoms with Gasteiger partial charge in [-0.2, -0.15) is 0 Å². The molecule has 2 heterocycles. The van der Waals surface area contributed by atoms with Gasteiger partial charge in [-0.15, -0.1) is 0 Å². The zero-order valence-electron chi connectivity index (χ0n) is 15.9. The first kappa shape index (κ1) is 21.6. The average molecular weight is 356 g/mol. The van der Waals surface area contributed by atoms with Crippen molar-refractivity contribution in [3.63, 3.8) is 0 Å². The standard InChI is InChI=1S/2C10H14N2O/c1-8(13)10(11-2)7-9-3-5-12-6-4-9;1-8(13)10(11-2)6-9-4-3-5-12-7-9/h3-6,10-11H,7H2,1-2H3;3-5,7,10-11H,6H2,1-2H3/t2*10-/m11/s1. The molecule has 6 heteroatoms. The molecular formula is C20H28N4O2. The third kappa shape index (κ3) is 8.09. The monoisotopic (exact) mass is 356 g/mol. The first-order valence-electron chi connectivity index (χ1n) is 8.61. The summed E-state index contributed by atoms with van der Waals surface area (Å²) >= 11 is 0. The van der Waals surface area contributed by atoms with Crippen LogP contribution in [0.4, 0.5) is 0 Å². The fraction of sp³-hybridized carbons (Fsp3) is 0.400. The van der Waals surface area contributed by atoms with E-state index in [1.54, 1.807) is 52.7 Å². The van der Waals surface area contributed by atoms with Crippen LogP contribution in [0.25, 0.3) is 0 Å². The van der Waals surface area contributed by atoms with Crippen LogP contribution in [0.5, 0.6) is 0 Å². The van der Waals surface area contributed by atoms with Crippen molar-refractivity contribution < 1.29 is 9.59 Å². The second-order valence-corrected chi connectivity index (χ2v) is 6.03. The van der Waals surface area contributed by atoms with Crippen LogP contribution in [-0.4, -0.2) is 47.7 Å². The van der Waals surface area contributed by atoms with Gasteiger partial charge in [0.15, 0.2) is 0 Å². The molecule has 0 spiro atoms. The lowest BCUT2D eigenvalue weighted by molar-refractivity contribution is -0.119. The molecule has 0 saturated carbocycles. The Morgan fingerprint density at radius 3 is 1.81 bits per heavy atom. The molecule has 2 aromatic rings. The van der Waals surface area contributed by atoms with Gasteiger partial charge < -0.3 is 10.6 Å². The van der Waals surface area contributed by atoms with Crippen LogP contribution < -0.4 is 10.6 Å². The van der Waals surface area contributed by atoms with Gasteiger partial charge in [0.1, 0.15) is 11.6 Å². The quantitative estimate of drug-likeness (QED) is 0.747. The molecule has 0 amide bonds. The summed E-state index contributed by atoms with van der Waals surface area (Å²) in [6, 6.07) is 7.52. The van der Waals surface area contributed by atoms with Crippen LogP contribution >= 0.6 is 0 Å². The third-order valence-electron chi connectivity index (χ3n) is 4.03. The topological polar surface area (TPSA) is 84.0 Å². The molecule has 0 fully saturated rings. The minimum Gasteiger partial charge on any atom is -0.310 e. The zero-order chi connectivity index (χ0) is 19.4. The summed E-state index contributed by atoms with van der Waals surface area (Å²) in [7, 11) is 3.59. The summed E-state index contributed by atoms with van der Waals surface area (Å²) in [5, 5.41) is 5.95. The van der Waals surface area contributed by atoms with Crippen molar-refractivity contribution in [2.24, 2.45) is 0 Å². The Morgan fingerprint density at radius 2 is 1.38 bits per heavy atom. The molecule has 2 N–H and O–H groups in total. The summed E-state index contributed by atoms with van der Waals surface area (Å²) in [5.74, 6) is 0.325. The number of ketones is 2. The maximum Gasteiger partial charge on any atom is 0.147 e. The Bertz CT molecular complexity index is 603. The lowest BCUT2D eigenvalue weighted by atomic mass is 10.0. The fourth-order valence-electron chi connectivity index (χ4n) is 2.41. The minimum absolute atomic E-state index is 0.0811. The number of Topliss-reactive ketones (excluding diaryl/α,β-unsaturated/α-hetero) is 2. The largest absolute Gasteiger partial charge is 0.310 e. The van der Waals surface area contributed by atoms with Gasteiger partial charge in [0, 0.05) is 24.8 Å². The van der Waals surface area contributed by atoms with Crippen LogP contribution in [0.2, 0.25) is 0 Å². The fourth-order valence-corrected chi connectivity index (χ4v) is 2.41. The summed E-state index contributed by atoms with van der Waals surface area (Å²) in [6.07, 6.45) is 8.43. The van der Waals surface area contributed by atoms with Crippen molar-refractivity contribution in [1.29, 1.82) is 0 Å². The zero-order valence-corrected chi connectivity index (χ0v) is 15.9. The SMILES string of the molecule is CN[C@H](Cc1cccnc1)C(C)=O.CN[C@H](Cc1ccncc1)C(C)=O. The van der Waals surface area contributed by atoms with Gasteiger partial charge >= 0.3 is 0 Å². The average Bonchev–Trinajstić information content (AvgIpc) is 2.66. The van der Waals surface area contributed by atoms with E-state index in [2.05, 4.69) is 20.6 Å². The Labute approximate surface area is 155 Å². The van der Waals surface area contributed by atoms with Crippen LogP contribution in [0, 0.1) is 0 Å². The first-order chi connectivity index (χ1) is 12.5. The number of carbonyl (C=O) groups excluding carboxylic acids is 2. The highest BCUT2D eigenvalue weighted by atomic mass is 16.1. The predicted octanol–water partition coefficient (Wildman–Crippen LogP) is 1.60. The molecular weight excluding hydrogens is 328 g/mol. The van der Waals surface area contributed by atoms with Gasteiger partial charge in [0.05, 0.1) is 12.1 Å². The highest BCUT2D eigenvalue weighted by Gasteiger charge is 2.12. The maximum absolute atomic E-state index is 11.1. The number of nitrogens with one attached hydrogen (secondary N) is 2. The Kier molecular flexibility index (Phi) is 9.97. The van der Waals surface area contributed by atoms with Crippen molar-refractivity contribution in [3.8, 4) is 0 Å². The van der Waals surface area contributed by atoms with Crippen molar-refractivity contribution in [1.82, 2.24) is 20.6 Å². The molecule has 0 saturated heterocycles. The van der Waals surface area contributed by atoms with E-state index in [0.717, 1.165) is 17.5 Å². The van der Waals surface area contributed by atoms with E-state index in [-0.39, 0.29) is 23.7 Å². The third-order valence-corrected chi connectivity index (χ3v) is 4.03. The van der Waals surface area contributed by atoms with E-state index in [0.29, 0.717) is 6.42 Å². The Hall–Kier alpha value is -2.44. The number of hydrogen-bond donors (Lipinski definition) is 2. The van der Waals surface area contributed by atoms with E-state index in [1.807, 2.05) is 24.3 Å². The first-order valence-corrected chi connectivity index (χ1v) is 8.61. The van der Waals surface area contributed by atoms with Crippen molar-refractivity contribution >= 4 is 11.6 Å². The molecule has 2 rings (SSSR count). The molecule has 0 aromatic carbocycles. The molecule has 6 nitrogen and oxygen atoms in total. The smallest absolute Gasteiger partial charge is 0.147 e. The highest BCUT2D eigenvalue weighted by Crippen LogP contribution is 2.02.